The second-order valence-corrected chi connectivity index (χ2v) is 6.12. The molecule has 1 N–H and O–H groups in total. The second kappa shape index (κ2) is 6.60. The van der Waals surface area contributed by atoms with Gasteiger partial charge in [0.15, 0.2) is 0 Å². The van der Waals surface area contributed by atoms with Gasteiger partial charge in [-0.05, 0) is 52.0 Å². The van der Waals surface area contributed by atoms with E-state index in [1.54, 1.807) is 11.8 Å². The summed E-state index contributed by atoms with van der Waals surface area (Å²) in [5.41, 5.74) is 2.10. The van der Waals surface area contributed by atoms with Crippen LogP contribution in [0.2, 0.25) is 0 Å². The summed E-state index contributed by atoms with van der Waals surface area (Å²) in [6, 6.07) is 3.99. The molecule has 0 atom stereocenters. The minimum Gasteiger partial charge on any atom is -0.468 e. The molecule has 0 spiro atoms. The standard InChI is InChI=1S/C13H15BrN2O3S/c1-8(17)16-4-3-9-5-10(14)12(6-11(9)16)20-15-7-13(18)19-2/h5-6,15H,3-4,7H2,1-2H3. The van der Waals surface area contributed by atoms with Crippen LogP contribution in [0.4, 0.5) is 5.69 Å². The molecule has 1 aromatic rings. The average Bonchev–Trinajstić information content (AvgIpc) is 2.81. The number of rotatable bonds is 4. The van der Waals surface area contributed by atoms with Crippen LogP contribution in [0.3, 0.4) is 0 Å². The molecule has 7 heteroatoms. The highest BCUT2D eigenvalue weighted by Gasteiger charge is 2.23. The number of halogens is 1. The van der Waals surface area contributed by atoms with Gasteiger partial charge in [0.25, 0.3) is 0 Å². The van der Waals surface area contributed by atoms with E-state index in [1.165, 1.54) is 19.1 Å². The maximum atomic E-state index is 11.6. The van der Waals surface area contributed by atoms with E-state index in [0.717, 1.165) is 33.6 Å². The number of esters is 1. The monoisotopic (exact) mass is 358 g/mol. The lowest BCUT2D eigenvalue weighted by Gasteiger charge is -2.16. The molecule has 1 aromatic carbocycles. The third-order valence-electron chi connectivity index (χ3n) is 3.04. The van der Waals surface area contributed by atoms with Crippen molar-refractivity contribution in [3.63, 3.8) is 0 Å². The van der Waals surface area contributed by atoms with Crippen molar-refractivity contribution >= 4 is 45.4 Å². The van der Waals surface area contributed by atoms with Gasteiger partial charge >= 0.3 is 5.97 Å². The summed E-state index contributed by atoms with van der Waals surface area (Å²) >= 11 is 4.85. The maximum Gasteiger partial charge on any atom is 0.320 e. The van der Waals surface area contributed by atoms with Gasteiger partial charge in [0, 0.05) is 28.5 Å². The van der Waals surface area contributed by atoms with Crippen molar-refractivity contribution in [3.05, 3.63) is 22.2 Å². The van der Waals surface area contributed by atoms with Crippen LogP contribution in [-0.4, -0.2) is 32.1 Å². The predicted molar refractivity (Wildman–Crippen MR) is 81.7 cm³/mol. The third-order valence-corrected chi connectivity index (χ3v) is 4.80. The van der Waals surface area contributed by atoms with E-state index >= 15 is 0 Å². The minimum atomic E-state index is -0.319. The Bertz CT molecular complexity index is 551. The van der Waals surface area contributed by atoms with Crippen LogP contribution in [0.15, 0.2) is 21.5 Å². The first-order chi connectivity index (χ1) is 9.52. The molecule has 0 radical (unpaired) electrons. The Hall–Kier alpha value is -1.05. The van der Waals surface area contributed by atoms with Gasteiger partial charge in [-0.2, -0.15) is 0 Å². The molecule has 1 aliphatic rings. The first kappa shape index (κ1) is 15.3. The number of nitrogens with one attached hydrogen (secondary N) is 1. The molecule has 1 heterocycles. The van der Waals surface area contributed by atoms with E-state index in [4.69, 9.17) is 0 Å². The van der Waals surface area contributed by atoms with Crippen LogP contribution in [0.5, 0.6) is 0 Å². The normalized spacial score (nSPS) is 13.2. The second-order valence-electron chi connectivity index (χ2n) is 4.33. The number of nitrogens with zero attached hydrogens (tertiary/aromatic N) is 1. The number of carbonyl (C=O) groups is 2. The number of amides is 1. The lowest BCUT2D eigenvalue weighted by atomic mass is 10.2. The first-order valence-electron chi connectivity index (χ1n) is 6.10. The summed E-state index contributed by atoms with van der Waals surface area (Å²) < 4.78 is 8.45. The van der Waals surface area contributed by atoms with Gasteiger partial charge in [-0.3, -0.25) is 9.59 Å². The van der Waals surface area contributed by atoms with Crippen molar-refractivity contribution in [3.8, 4) is 0 Å². The molecule has 2 rings (SSSR count). The summed E-state index contributed by atoms with van der Waals surface area (Å²) in [5, 5.41) is 0. The molecular weight excluding hydrogens is 344 g/mol. The zero-order valence-corrected chi connectivity index (χ0v) is 13.6. The zero-order chi connectivity index (χ0) is 14.7. The van der Waals surface area contributed by atoms with E-state index in [0.29, 0.717) is 0 Å². The number of fused-ring (bicyclic) bond motifs is 1. The molecule has 0 aliphatic carbocycles. The molecule has 0 aromatic heterocycles. The molecule has 0 fully saturated rings. The topological polar surface area (TPSA) is 58.6 Å². The highest BCUT2D eigenvalue weighted by molar-refractivity contribution is 9.10. The molecule has 1 amide bonds. The quantitative estimate of drug-likeness (QED) is 0.659. The van der Waals surface area contributed by atoms with E-state index < -0.39 is 0 Å². The van der Waals surface area contributed by atoms with Crippen molar-refractivity contribution in [2.24, 2.45) is 0 Å². The Morgan fingerprint density at radius 1 is 1.50 bits per heavy atom. The molecule has 108 valence electrons. The fourth-order valence-electron chi connectivity index (χ4n) is 2.04. The summed E-state index contributed by atoms with van der Waals surface area (Å²) in [4.78, 5) is 25.3. The van der Waals surface area contributed by atoms with Crippen molar-refractivity contribution in [2.75, 3.05) is 25.1 Å². The van der Waals surface area contributed by atoms with Crippen LogP contribution in [0.25, 0.3) is 0 Å². The zero-order valence-electron chi connectivity index (χ0n) is 11.2. The Morgan fingerprint density at radius 2 is 2.25 bits per heavy atom. The van der Waals surface area contributed by atoms with Gasteiger partial charge in [0.2, 0.25) is 5.91 Å². The van der Waals surface area contributed by atoms with Gasteiger partial charge in [0.1, 0.15) is 6.54 Å². The lowest BCUT2D eigenvalue weighted by molar-refractivity contribution is -0.139. The number of hydrogen-bond acceptors (Lipinski definition) is 5. The number of anilines is 1. The van der Waals surface area contributed by atoms with E-state index in [-0.39, 0.29) is 18.4 Å². The average molecular weight is 359 g/mol. The predicted octanol–water partition coefficient (Wildman–Crippen LogP) is 2.13. The number of carbonyl (C=O) groups excluding carboxylic acids is 2. The Kier molecular flexibility index (Phi) is 5.06. The minimum absolute atomic E-state index is 0.0459. The van der Waals surface area contributed by atoms with Crippen LogP contribution in [0.1, 0.15) is 12.5 Å². The van der Waals surface area contributed by atoms with Crippen LogP contribution in [0, 0.1) is 0 Å². The highest BCUT2D eigenvalue weighted by atomic mass is 79.9. The highest BCUT2D eigenvalue weighted by Crippen LogP contribution is 2.36. The molecule has 0 unspecified atom stereocenters. The van der Waals surface area contributed by atoms with E-state index in [2.05, 4.69) is 25.4 Å². The van der Waals surface area contributed by atoms with E-state index in [1.807, 2.05) is 12.1 Å². The van der Waals surface area contributed by atoms with Gasteiger partial charge in [-0.15, -0.1) is 0 Å². The molecule has 1 aliphatic heterocycles. The summed E-state index contributed by atoms with van der Waals surface area (Å²) in [7, 11) is 1.35. The SMILES string of the molecule is COC(=O)CNSc1cc2c(cc1Br)CCN2C(C)=O. The largest absolute Gasteiger partial charge is 0.468 e. The molecule has 0 bridgehead atoms. The molecular formula is C13H15BrN2O3S. The Morgan fingerprint density at radius 3 is 2.90 bits per heavy atom. The molecule has 20 heavy (non-hydrogen) atoms. The Labute approximate surface area is 130 Å². The fraction of sp³-hybridized carbons (Fsp3) is 0.385. The van der Waals surface area contributed by atoms with Crippen LogP contribution < -0.4 is 9.62 Å². The van der Waals surface area contributed by atoms with Gasteiger partial charge in [0.05, 0.1) is 7.11 Å². The number of ether oxygens (including phenoxy) is 1. The number of methoxy groups -OCH3 is 1. The lowest BCUT2D eigenvalue weighted by Crippen LogP contribution is -2.25. The van der Waals surface area contributed by atoms with E-state index in [9.17, 15) is 9.59 Å². The summed E-state index contributed by atoms with van der Waals surface area (Å²) in [5.74, 6) is -0.273. The van der Waals surface area contributed by atoms with Gasteiger partial charge in [-0.1, -0.05) is 0 Å². The molecule has 5 nitrogen and oxygen atoms in total. The summed E-state index contributed by atoms with van der Waals surface area (Å²) in [6.45, 7) is 2.42. The van der Waals surface area contributed by atoms with Crippen LogP contribution >= 0.6 is 27.9 Å². The van der Waals surface area contributed by atoms with Crippen molar-refractivity contribution in [1.29, 1.82) is 0 Å². The third kappa shape index (κ3) is 3.34. The maximum absolute atomic E-state index is 11.6. The fourth-order valence-corrected chi connectivity index (χ4v) is 3.34. The van der Waals surface area contributed by atoms with Gasteiger partial charge < -0.3 is 9.64 Å². The van der Waals surface area contributed by atoms with Gasteiger partial charge in [-0.25, -0.2) is 4.72 Å². The summed E-state index contributed by atoms with van der Waals surface area (Å²) in [6.07, 6.45) is 0.869. The number of hydrogen-bond donors (Lipinski definition) is 1. The van der Waals surface area contributed by atoms with Crippen molar-refractivity contribution in [1.82, 2.24) is 4.72 Å². The number of benzene rings is 1. The van der Waals surface area contributed by atoms with Crippen molar-refractivity contribution < 1.29 is 14.3 Å². The first-order valence-corrected chi connectivity index (χ1v) is 7.71. The Balaban J connectivity index is 2.13. The van der Waals surface area contributed by atoms with Crippen molar-refractivity contribution in [2.45, 2.75) is 18.2 Å². The molecule has 0 saturated carbocycles. The van der Waals surface area contributed by atoms with Crippen LogP contribution in [-0.2, 0) is 20.7 Å². The molecule has 0 saturated heterocycles. The smallest absolute Gasteiger partial charge is 0.320 e.